The molecule has 2 N–H and O–H groups in total. The molecule has 1 unspecified atom stereocenters. The molecule has 0 aliphatic rings. The van der Waals surface area contributed by atoms with Crippen LogP contribution in [0.25, 0.3) is 5.69 Å². The van der Waals surface area contributed by atoms with Gasteiger partial charge in [0.15, 0.2) is 0 Å². The highest BCUT2D eigenvalue weighted by atomic mass is 19.1. The molecule has 4 nitrogen and oxygen atoms in total. The Morgan fingerprint density at radius 1 is 1.44 bits per heavy atom. The molecule has 0 spiro atoms. The summed E-state index contributed by atoms with van der Waals surface area (Å²) in [7, 11) is 0. The molecule has 0 saturated heterocycles. The summed E-state index contributed by atoms with van der Waals surface area (Å²) in [6, 6.07) is 4.75. The summed E-state index contributed by atoms with van der Waals surface area (Å²) in [4.78, 5) is 0. The van der Waals surface area contributed by atoms with E-state index in [2.05, 4.69) is 10.3 Å². The van der Waals surface area contributed by atoms with Crippen LogP contribution in [0.1, 0.15) is 24.2 Å². The van der Waals surface area contributed by atoms with E-state index in [4.69, 9.17) is 5.73 Å². The molecular formula is C11H13FN4. The van der Waals surface area contributed by atoms with Gasteiger partial charge in [0.2, 0.25) is 0 Å². The lowest BCUT2D eigenvalue weighted by Crippen LogP contribution is -2.05. The summed E-state index contributed by atoms with van der Waals surface area (Å²) in [5.74, 6) is -0.318. The fraction of sp³-hybridized carbons (Fsp3) is 0.273. The third-order valence-electron chi connectivity index (χ3n) is 2.33. The summed E-state index contributed by atoms with van der Waals surface area (Å²) in [6.45, 7) is 3.64. The van der Waals surface area contributed by atoms with Crippen molar-refractivity contribution >= 4 is 0 Å². The van der Waals surface area contributed by atoms with Crippen molar-refractivity contribution in [1.29, 1.82) is 0 Å². The fourth-order valence-electron chi connectivity index (χ4n) is 1.40. The second-order valence-corrected chi connectivity index (χ2v) is 3.83. The number of halogens is 1. The molecule has 2 aromatic rings. The summed E-state index contributed by atoms with van der Waals surface area (Å²) in [5, 5.41) is 7.72. The number of rotatable bonds is 2. The van der Waals surface area contributed by atoms with Crippen LogP contribution < -0.4 is 5.73 Å². The number of nitrogens with zero attached hydrogens (tertiary/aromatic N) is 3. The zero-order valence-electron chi connectivity index (χ0n) is 9.18. The summed E-state index contributed by atoms with van der Waals surface area (Å²) >= 11 is 0. The molecule has 5 heteroatoms. The smallest absolute Gasteiger partial charge is 0.149 e. The first-order valence-electron chi connectivity index (χ1n) is 5.02. The molecule has 0 saturated carbocycles. The van der Waals surface area contributed by atoms with Crippen LogP contribution in [0.15, 0.2) is 24.4 Å². The molecule has 1 atom stereocenters. The highest BCUT2D eigenvalue weighted by Crippen LogP contribution is 2.15. The Kier molecular flexibility index (Phi) is 2.70. The van der Waals surface area contributed by atoms with Crippen LogP contribution in [0.2, 0.25) is 0 Å². The van der Waals surface area contributed by atoms with Crippen molar-refractivity contribution in [3.8, 4) is 5.69 Å². The largest absolute Gasteiger partial charge is 0.323 e. The quantitative estimate of drug-likeness (QED) is 0.838. The van der Waals surface area contributed by atoms with Gasteiger partial charge in [0.25, 0.3) is 0 Å². The maximum Gasteiger partial charge on any atom is 0.149 e. The van der Waals surface area contributed by atoms with Crippen molar-refractivity contribution in [3.63, 3.8) is 0 Å². The van der Waals surface area contributed by atoms with Gasteiger partial charge in [-0.3, -0.25) is 0 Å². The van der Waals surface area contributed by atoms with Crippen molar-refractivity contribution in [2.24, 2.45) is 5.73 Å². The number of hydrogen-bond donors (Lipinski definition) is 1. The minimum Gasteiger partial charge on any atom is -0.323 e. The van der Waals surface area contributed by atoms with Crippen LogP contribution in [0.5, 0.6) is 0 Å². The molecule has 84 valence electrons. The third kappa shape index (κ3) is 1.94. The normalized spacial score (nSPS) is 12.8. The first kappa shape index (κ1) is 10.8. The van der Waals surface area contributed by atoms with Crippen LogP contribution in [-0.4, -0.2) is 15.0 Å². The Morgan fingerprint density at radius 3 is 2.75 bits per heavy atom. The number of benzene rings is 1. The van der Waals surface area contributed by atoms with Gasteiger partial charge >= 0.3 is 0 Å². The van der Waals surface area contributed by atoms with Gasteiger partial charge in [-0.25, -0.2) is 9.07 Å². The Bertz CT molecular complexity index is 504. The SMILES string of the molecule is Cc1ccc(-n2cc(C(C)N)nn2)c(F)c1. The highest BCUT2D eigenvalue weighted by Gasteiger charge is 2.09. The second kappa shape index (κ2) is 4.02. The topological polar surface area (TPSA) is 56.7 Å². The molecule has 1 aromatic carbocycles. The number of hydrogen-bond acceptors (Lipinski definition) is 3. The average Bonchev–Trinajstić information content (AvgIpc) is 2.66. The average molecular weight is 220 g/mol. The molecule has 0 radical (unpaired) electrons. The minimum atomic E-state index is -0.318. The minimum absolute atomic E-state index is 0.206. The Morgan fingerprint density at radius 2 is 2.19 bits per heavy atom. The van der Waals surface area contributed by atoms with Crippen molar-refractivity contribution in [1.82, 2.24) is 15.0 Å². The molecule has 1 heterocycles. The van der Waals surface area contributed by atoms with Gasteiger partial charge in [-0.15, -0.1) is 5.10 Å². The fourth-order valence-corrected chi connectivity index (χ4v) is 1.40. The van der Waals surface area contributed by atoms with Crippen LogP contribution in [0, 0.1) is 12.7 Å². The number of nitrogens with two attached hydrogens (primary N) is 1. The van der Waals surface area contributed by atoms with Gasteiger partial charge in [-0.1, -0.05) is 11.3 Å². The number of aryl methyl sites for hydroxylation is 1. The summed E-state index contributed by atoms with van der Waals surface area (Å²) < 4.78 is 15.0. The zero-order valence-corrected chi connectivity index (χ0v) is 9.18. The van der Waals surface area contributed by atoms with E-state index in [1.807, 2.05) is 13.0 Å². The molecule has 0 amide bonds. The van der Waals surface area contributed by atoms with Gasteiger partial charge in [-0.05, 0) is 31.5 Å². The van der Waals surface area contributed by atoms with E-state index in [0.717, 1.165) is 5.56 Å². The van der Waals surface area contributed by atoms with Crippen molar-refractivity contribution in [2.75, 3.05) is 0 Å². The van der Waals surface area contributed by atoms with E-state index in [-0.39, 0.29) is 11.9 Å². The monoisotopic (exact) mass is 220 g/mol. The van der Waals surface area contributed by atoms with Gasteiger partial charge in [0.05, 0.1) is 11.9 Å². The third-order valence-corrected chi connectivity index (χ3v) is 2.33. The van der Waals surface area contributed by atoms with E-state index >= 15 is 0 Å². The van der Waals surface area contributed by atoms with Gasteiger partial charge in [-0.2, -0.15) is 0 Å². The molecule has 0 bridgehead atoms. The molecule has 16 heavy (non-hydrogen) atoms. The zero-order chi connectivity index (χ0) is 11.7. The predicted molar refractivity (Wildman–Crippen MR) is 58.7 cm³/mol. The van der Waals surface area contributed by atoms with Gasteiger partial charge in [0, 0.05) is 6.04 Å². The molecular weight excluding hydrogens is 207 g/mol. The molecule has 0 aliphatic heterocycles. The molecule has 0 fully saturated rings. The number of aromatic nitrogens is 3. The van der Waals surface area contributed by atoms with Crippen LogP contribution in [0.3, 0.4) is 0 Å². The van der Waals surface area contributed by atoms with Crippen molar-refractivity contribution in [2.45, 2.75) is 19.9 Å². The van der Waals surface area contributed by atoms with E-state index < -0.39 is 0 Å². The van der Waals surface area contributed by atoms with E-state index in [1.165, 1.54) is 10.7 Å². The van der Waals surface area contributed by atoms with Crippen molar-refractivity contribution in [3.05, 3.63) is 41.5 Å². The van der Waals surface area contributed by atoms with Crippen molar-refractivity contribution < 1.29 is 4.39 Å². The first-order valence-corrected chi connectivity index (χ1v) is 5.02. The Balaban J connectivity index is 2.42. The Hall–Kier alpha value is -1.75. The van der Waals surface area contributed by atoms with Gasteiger partial charge in [0.1, 0.15) is 11.5 Å². The summed E-state index contributed by atoms with van der Waals surface area (Å²) in [5.41, 5.74) is 7.55. The first-order chi connectivity index (χ1) is 7.58. The van der Waals surface area contributed by atoms with E-state index in [0.29, 0.717) is 11.4 Å². The lowest BCUT2D eigenvalue weighted by atomic mass is 10.2. The molecule has 1 aromatic heterocycles. The standard InChI is InChI=1S/C11H13FN4/c1-7-3-4-11(9(12)5-7)16-6-10(8(2)13)14-15-16/h3-6,8H,13H2,1-2H3. The lowest BCUT2D eigenvalue weighted by molar-refractivity contribution is 0.606. The lowest BCUT2D eigenvalue weighted by Gasteiger charge is -2.02. The molecule has 2 rings (SSSR count). The van der Waals surface area contributed by atoms with Crippen LogP contribution >= 0.6 is 0 Å². The maximum absolute atomic E-state index is 13.6. The van der Waals surface area contributed by atoms with Crippen LogP contribution in [-0.2, 0) is 0 Å². The maximum atomic E-state index is 13.6. The molecule has 0 aliphatic carbocycles. The summed E-state index contributed by atoms with van der Waals surface area (Å²) in [6.07, 6.45) is 1.64. The van der Waals surface area contributed by atoms with E-state index in [1.54, 1.807) is 19.2 Å². The predicted octanol–water partition coefficient (Wildman–Crippen LogP) is 1.73. The highest BCUT2D eigenvalue weighted by molar-refractivity contribution is 5.35. The Labute approximate surface area is 92.9 Å². The second-order valence-electron chi connectivity index (χ2n) is 3.83. The van der Waals surface area contributed by atoms with Gasteiger partial charge < -0.3 is 5.73 Å². The van der Waals surface area contributed by atoms with E-state index in [9.17, 15) is 4.39 Å². The van der Waals surface area contributed by atoms with Crippen LogP contribution in [0.4, 0.5) is 4.39 Å².